The first-order valence-corrected chi connectivity index (χ1v) is 25.4. The number of fused-ring (bicyclic) bond motifs is 4. The molecule has 0 bridgehead atoms. The van der Waals surface area contributed by atoms with Crippen molar-refractivity contribution >= 4 is 31.8 Å². The molecular formula is C46H66N10O6S2. The first-order chi connectivity index (χ1) is 30.1. The number of hydrogen-bond acceptors (Lipinski definition) is 11. The van der Waals surface area contributed by atoms with Crippen LogP contribution in [-0.4, -0.2) is 80.4 Å². The number of benzene rings is 2. The van der Waals surface area contributed by atoms with Gasteiger partial charge in [-0.05, 0) is 191 Å². The van der Waals surface area contributed by atoms with Crippen LogP contribution < -0.4 is 19.9 Å². The van der Waals surface area contributed by atoms with Crippen molar-refractivity contribution in [1.82, 2.24) is 34.1 Å². The number of aromatic nitrogens is 4. The highest BCUT2D eigenvalue weighted by molar-refractivity contribution is 7.90. The Hall–Kier alpha value is -4.80. The summed E-state index contributed by atoms with van der Waals surface area (Å²) in [6.07, 6.45) is 14.7. The fraction of sp³-hybridized carbons (Fsp3) is 0.565. The number of carbonyl (C=O) groups is 1. The van der Waals surface area contributed by atoms with Crippen LogP contribution in [0, 0.1) is 11.5 Å². The quantitative estimate of drug-likeness (QED) is 0.133. The van der Waals surface area contributed by atoms with Gasteiger partial charge in [-0.1, -0.05) is 12.1 Å². The molecule has 2 heterocycles. The van der Waals surface area contributed by atoms with Gasteiger partial charge in [-0.15, -0.1) is 5.26 Å². The van der Waals surface area contributed by atoms with Crippen LogP contribution in [0.1, 0.15) is 147 Å². The molecule has 4 aliphatic rings. The number of rotatable bonds is 11. The van der Waals surface area contributed by atoms with Crippen LogP contribution in [0.3, 0.4) is 0 Å². The number of anilines is 1. The summed E-state index contributed by atoms with van der Waals surface area (Å²) in [5, 5.41) is 24.9. The van der Waals surface area contributed by atoms with Gasteiger partial charge >= 0.3 is 6.03 Å². The second-order valence-electron chi connectivity index (χ2n) is 18.4. The lowest BCUT2D eigenvalue weighted by Crippen LogP contribution is -2.35. The summed E-state index contributed by atoms with van der Waals surface area (Å²) in [6, 6.07) is 7.09. The number of ether oxygens (including phenoxy) is 1. The molecule has 0 spiro atoms. The van der Waals surface area contributed by atoms with Crippen LogP contribution in [0.5, 0.6) is 5.75 Å². The number of nitrogens with two attached hydrogens (primary N) is 1. The van der Waals surface area contributed by atoms with Crippen molar-refractivity contribution in [3.8, 4) is 12.0 Å². The Kier molecular flexibility index (Phi) is 15.0. The molecule has 348 valence electrons. The van der Waals surface area contributed by atoms with Crippen LogP contribution in [0.15, 0.2) is 34.3 Å². The number of urea groups is 1. The molecule has 2 unspecified atom stereocenters. The monoisotopic (exact) mass is 918 g/mol. The number of primary sulfonamides is 1. The Morgan fingerprint density at radius 2 is 1.06 bits per heavy atom. The normalized spacial score (nSPS) is 16.0. The number of nitrogens with one attached hydrogen (secondary N) is 2. The van der Waals surface area contributed by atoms with E-state index in [1.54, 1.807) is 21.5 Å². The third kappa shape index (κ3) is 10.5. The summed E-state index contributed by atoms with van der Waals surface area (Å²) in [5.41, 5.74) is 12.8. The zero-order valence-electron chi connectivity index (χ0n) is 39.1. The number of nitrogens with zero attached hydrogens (tertiary/aromatic N) is 7. The average Bonchev–Trinajstić information content (AvgIpc) is 4.07. The highest BCUT2D eigenvalue weighted by Crippen LogP contribution is 2.41. The van der Waals surface area contributed by atoms with Crippen LogP contribution in [0.25, 0.3) is 0 Å². The second kappa shape index (κ2) is 19.7. The smallest absolute Gasteiger partial charge is 0.333 e. The third-order valence-corrected chi connectivity index (χ3v) is 14.9. The van der Waals surface area contributed by atoms with Gasteiger partial charge in [0.25, 0.3) is 26.3 Å². The summed E-state index contributed by atoms with van der Waals surface area (Å²) >= 11 is 0. The lowest BCUT2D eigenvalue weighted by Gasteiger charge is -2.22. The minimum absolute atomic E-state index is 0.0142. The van der Waals surface area contributed by atoms with Gasteiger partial charge in [0, 0.05) is 42.0 Å². The van der Waals surface area contributed by atoms with Crippen LogP contribution in [0.4, 0.5) is 10.5 Å². The predicted octanol–water partition coefficient (Wildman–Crippen LogP) is 6.83. The van der Waals surface area contributed by atoms with Crippen molar-refractivity contribution in [2.75, 3.05) is 33.5 Å². The van der Waals surface area contributed by atoms with Gasteiger partial charge in [-0.3, -0.25) is 9.36 Å². The minimum atomic E-state index is -4.11. The third-order valence-electron chi connectivity index (χ3n) is 12.9. The van der Waals surface area contributed by atoms with Gasteiger partial charge in [0.2, 0.25) is 0 Å². The Bertz CT molecular complexity index is 2580. The zero-order chi connectivity index (χ0) is 46.8. The van der Waals surface area contributed by atoms with Crippen molar-refractivity contribution in [2.24, 2.45) is 5.14 Å². The molecule has 0 saturated heterocycles. The Morgan fingerprint density at radius 3 is 1.45 bits per heavy atom. The standard InChI is InChI=1S/C23H33N5O3S.C13H13NO.C10H20N4O2S/c1-14(2)28-20(15(3)27(4)5)13-21(25-28)32(30,31)26-23(29)24-22-18-10-6-8-16(18)12-17-9-7-11-19(17)22;14-8-15-13-11-5-1-3-9(11)7-10-4-2-6-12(10)13;1-7(2)14-9(8(3)13(4)5)6-10(12-14)17(11,15)16/h12-15H,6-11H2,1-5H3,(H2,24,26,29);7H,1-6H2;6-8H,1-5H3,(H2,11,15,16). The van der Waals surface area contributed by atoms with Crippen LogP contribution in [-0.2, 0) is 71.4 Å². The number of carbonyl (C=O) groups excluding carboxylic acids is 1. The Balaban J connectivity index is 0.000000178. The Morgan fingerprint density at radius 1 is 0.672 bits per heavy atom. The molecule has 2 amide bonds. The van der Waals surface area contributed by atoms with E-state index in [1.807, 2.05) is 85.8 Å². The summed E-state index contributed by atoms with van der Waals surface area (Å²) in [7, 11) is -0.144. The van der Waals surface area contributed by atoms with Crippen molar-refractivity contribution in [3.63, 3.8) is 0 Å². The molecule has 2 atom stereocenters. The number of nitriles is 1. The summed E-state index contributed by atoms with van der Waals surface area (Å²) in [6.45, 7) is 11.8. The molecule has 0 fully saturated rings. The van der Waals surface area contributed by atoms with Crippen molar-refractivity contribution < 1.29 is 26.4 Å². The van der Waals surface area contributed by atoms with E-state index >= 15 is 0 Å². The second-order valence-corrected chi connectivity index (χ2v) is 21.5. The predicted molar refractivity (Wildman–Crippen MR) is 247 cm³/mol. The molecule has 0 aliphatic heterocycles. The molecule has 4 N–H and O–H groups in total. The molecule has 16 nitrogen and oxygen atoms in total. The maximum Gasteiger partial charge on any atom is 0.333 e. The molecular weight excluding hydrogens is 853 g/mol. The van der Waals surface area contributed by atoms with Gasteiger partial charge in [-0.25, -0.2) is 23.1 Å². The molecule has 4 aromatic rings. The molecule has 2 aromatic heterocycles. The van der Waals surface area contributed by atoms with Crippen LogP contribution >= 0.6 is 0 Å². The van der Waals surface area contributed by atoms with E-state index in [-0.39, 0.29) is 34.2 Å². The lowest BCUT2D eigenvalue weighted by atomic mass is 9.99. The van der Waals surface area contributed by atoms with E-state index in [0.717, 1.165) is 98.2 Å². The summed E-state index contributed by atoms with van der Waals surface area (Å²) < 4.78 is 59.4. The maximum absolute atomic E-state index is 13.0. The van der Waals surface area contributed by atoms with Crippen molar-refractivity contribution in [3.05, 3.63) is 80.2 Å². The minimum Gasteiger partial charge on any atom is -0.387 e. The van der Waals surface area contributed by atoms with Gasteiger partial charge in [0.05, 0.1) is 11.4 Å². The van der Waals surface area contributed by atoms with Gasteiger partial charge in [0.15, 0.2) is 10.1 Å². The fourth-order valence-electron chi connectivity index (χ4n) is 9.23. The number of hydrogen-bond donors (Lipinski definition) is 3. The number of sulfonamides is 2. The van der Waals surface area contributed by atoms with Gasteiger partial charge < -0.3 is 19.9 Å². The van der Waals surface area contributed by atoms with E-state index in [0.29, 0.717) is 0 Å². The molecule has 0 saturated carbocycles. The van der Waals surface area contributed by atoms with E-state index in [1.165, 1.54) is 46.2 Å². The molecule has 18 heteroatoms. The lowest BCUT2D eigenvalue weighted by molar-refractivity contribution is 0.256. The van der Waals surface area contributed by atoms with Crippen LogP contribution in [0.2, 0.25) is 0 Å². The number of amides is 2. The highest BCUT2D eigenvalue weighted by Gasteiger charge is 2.30. The Labute approximate surface area is 379 Å². The van der Waals surface area contributed by atoms with E-state index in [4.69, 9.17) is 15.1 Å². The SMILES string of the molecule is CC(c1cc(S(=O)(=O)NC(=O)Nc2c3c(cc4c2CCC4)CCC3)nn1C(C)C)N(C)C.CC(c1cc(S(N)(=O)=O)nn1C(C)C)N(C)C.N#COc1c2c(cc3c1CCC3)CCC2. The van der Waals surface area contributed by atoms with Crippen molar-refractivity contribution in [1.29, 1.82) is 5.26 Å². The van der Waals surface area contributed by atoms with Gasteiger partial charge in [-0.2, -0.15) is 18.6 Å². The fourth-order valence-corrected chi connectivity index (χ4v) is 10.6. The van der Waals surface area contributed by atoms with E-state index in [9.17, 15) is 21.6 Å². The molecule has 8 rings (SSSR count). The summed E-state index contributed by atoms with van der Waals surface area (Å²) in [4.78, 5) is 16.8. The molecule has 0 radical (unpaired) electrons. The average molecular weight is 919 g/mol. The van der Waals surface area contributed by atoms with E-state index in [2.05, 4.69) is 32.4 Å². The largest absolute Gasteiger partial charge is 0.387 e. The van der Waals surface area contributed by atoms with Gasteiger partial charge in [0.1, 0.15) is 5.75 Å². The highest BCUT2D eigenvalue weighted by atomic mass is 32.2. The molecule has 64 heavy (non-hydrogen) atoms. The molecule has 4 aliphatic carbocycles. The topological polar surface area (TPSA) is 211 Å². The zero-order valence-corrected chi connectivity index (χ0v) is 40.7. The first-order valence-electron chi connectivity index (χ1n) is 22.4. The maximum atomic E-state index is 13.0. The molecule has 2 aromatic carbocycles. The first kappa shape index (κ1) is 48.7. The van der Waals surface area contributed by atoms with Crippen molar-refractivity contribution in [2.45, 2.75) is 153 Å². The summed E-state index contributed by atoms with van der Waals surface area (Å²) in [5.74, 6) is 0.903. The number of aryl methyl sites for hydroxylation is 4. The van der Waals surface area contributed by atoms with E-state index < -0.39 is 26.1 Å².